The molecule has 1 amide bonds. The Morgan fingerprint density at radius 3 is 2.77 bits per heavy atom. The number of aromatic nitrogens is 2. The molecule has 0 aliphatic carbocycles. The summed E-state index contributed by atoms with van der Waals surface area (Å²) in [5, 5.41) is 32.7. The molecule has 3 heterocycles. The fourth-order valence-electron chi connectivity index (χ4n) is 5.22. The van der Waals surface area contributed by atoms with Gasteiger partial charge in [-0.1, -0.05) is 35.3 Å². The molecule has 0 saturated carbocycles. The minimum atomic E-state index is -1.30. The van der Waals surface area contributed by atoms with E-state index in [9.17, 15) is 14.7 Å². The largest absolute Gasteiger partial charge is 0.480 e. The fourth-order valence-corrected chi connectivity index (χ4v) is 5.98. The summed E-state index contributed by atoms with van der Waals surface area (Å²) in [4.78, 5) is 33.1. The van der Waals surface area contributed by atoms with Crippen molar-refractivity contribution >= 4 is 51.9 Å². The number of aliphatic carboxylic acids is 1. The Morgan fingerprint density at radius 2 is 2.02 bits per heavy atom. The van der Waals surface area contributed by atoms with Crippen LogP contribution in [0, 0.1) is 11.5 Å². The average Bonchev–Trinajstić information content (AvgIpc) is 3.62. The standard InChI is InChI=1S/C27H28Cl2N8O3/c28-20-10-18-14-36(13-16-3-4-17-11-33-35-21(17)9-16)8-5-19(18)24(29)23(20)25(38)34-22(26(39)40)12-31-27(32-15-30)37-6-1-2-7-37/h3-4,9-11,22H,1-2,5-8,12-14H2,(H,31,32)(H,33,35)(H,34,38)(H,39,40)/t22-/m0/s1. The molecular weight excluding hydrogens is 555 g/mol. The van der Waals surface area contributed by atoms with Crippen LogP contribution in [-0.4, -0.2) is 75.2 Å². The predicted octanol–water partition coefficient (Wildman–Crippen LogP) is 3.13. The van der Waals surface area contributed by atoms with Gasteiger partial charge in [0.1, 0.15) is 6.04 Å². The third-order valence-corrected chi connectivity index (χ3v) is 7.97. The molecule has 2 aliphatic heterocycles. The summed E-state index contributed by atoms with van der Waals surface area (Å²) in [7, 11) is 0. The van der Waals surface area contributed by atoms with E-state index in [0.29, 0.717) is 18.9 Å². The zero-order valence-electron chi connectivity index (χ0n) is 21.6. The third kappa shape index (κ3) is 5.99. The van der Waals surface area contributed by atoms with E-state index in [0.717, 1.165) is 66.6 Å². The number of amides is 1. The van der Waals surface area contributed by atoms with E-state index in [2.05, 4.69) is 42.9 Å². The van der Waals surface area contributed by atoms with Crippen LogP contribution in [0.3, 0.4) is 0 Å². The van der Waals surface area contributed by atoms with Gasteiger partial charge in [0.25, 0.3) is 5.91 Å². The molecular formula is C27H28Cl2N8O3. The molecule has 4 N–H and O–H groups in total. The Hall–Kier alpha value is -3.85. The molecule has 1 aromatic heterocycles. The maximum absolute atomic E-state index is 13.2. The van der Waals surface area contributed by atoms with Crippen molar-refractivity contribution < 1.29 is 14.7 Å². The molecule has 2 aliphatic rings. The lowest BCUT2D eigenvalue weighted by molar-refractivity contribution is -0.139. The quantitative estimate of drug-likeness (QED) is 0.188. The number of H-pyrrole nitrogens is 1. The average molecular weight is 583 g/mol. The first kappa shape index (κ1) is 27.7. The van der Waals surface area contributed by atoms with Gasteiger partial charge in [-0.15, -0.1) is 4.99 Å². The molecule has 1 atom stereocenters. The number of hydrogen-bond donors (Lipinski definition) is 4. The van der Waals surface area contributed by atoms with Gasteiger partial charge in [-0.3, -0.25) is 14.8 Å². The molecule has 1 fully saturated rings. The number of hydrogen-bond acceptors (Lipinski definition) is 6. The summed E-state index contributed by atoms with van der Waals surface area (Å²) in [6, 6.07) is 6.63. The normalized spacial score (nSPS) is 16.4. The number of carboxylic acids is 1. The highest BCUT2D eigenvalue weighted by molar-refractivity contribution is 6.40. The van der Waals surface area contributed by atoms with Gasteiger partial charge in [-0.05, 0) is 48.1 Å². The van der Waals surface area contributed by atoms with Gasteiger partial charge in [0.05, 0.1) is 27.3 Å². The van der Waals surface area contributed by atoms with Gasteiger partial charge in [0.15, 0.2) is 0 Å². The van der Waals surface area contributed by atoms with E-state index in [4.69, 9.17) is 28.5 Å². The molecule has 5 rings (SSSR count). The van der Waals surface area contributed by atoms with Crippen LogP contribution in [0.15, 0.2) is 35.5 Å². The number of carbonyl (C=O) groups excluding carboxylic acids is 1. The van der Waals surface area contributed by atoms with Crippen LogP contribution >= 0.6 is 23.2 Å². The summed E-state index contributed by atoms with van der Waals surface area (Å²) in [5.41, 5.74) is 3.95. The van der Waals surface area contributed by atoms with Gasteiger partial charge in [0.2, 0.25) is 12.2 Å². The Labute approximate surface area is 240 Å². The second-order valence-electron chi connectivity index (χ2n) is 9.91. The van der Waals surface area contributed by atoms with Crippen molar-refractivity contribution in [3.8, 4) is 6.19 Å². The molecule has 3 aromatic rings. The van der Waals surface area contributed by atoms with Crippen molar-refractivity contribution in [2.45, 2.75) is 38.4 Å². The number of rotatable bonds is 7. The number of nitrogens with one attached hydrogen (secondary N) is 3. The lowest BCUT2D eigenvalue weighted by Crippen LogP contribution is -2.51. The molecule has 208 valence electrons. The molecule has 1 saturated heterocycles. The molecule has 13 heteroatoms. The van der Waals surface area contributed by atoms with Gasteiger partial charge in [-0.2, -0.15) is 10.4 Å². The van der Waals surface area contributed by atoms with Crippen LogP contribution in [-0.2, 0) is 24.3 Å². The first-order valence-electron chi connectivity index (χ1n) is 13.0. The fraction of sp³-hybridized carbons (Fsp3) is 0.370. The van der Waals surface area contributed by atoms with Crippen molar-refractivity contribution in [1.82, 2.24) is 30.6 Å². The zero-order valence-corrected chi connectivity index (χ0v) is 23.1. The third-order valence-electron chi connectivity index (χ3n) is 7.25. The number of aliphatic imine (C=N–C) groups is 1. The van der Waals surface area contributed by atoms with E-state index >= 15 is 0 Å². The number of aromatic amines is 1. The monoisotopic (exact) mass is 582 g/mol. The molecule has 40 heavy (non-hydrogen) atoms. The Balaban J connectivity index is 1.27. The summed E-state index contributed by atoms with van der Waals surface area (Å²) in [6.45, 7) is 3.33. The SMILES string of the molecule is N#C/N=C(\NC[C@H](NC(=O)c1c(Cl)cc2c(c1Cl)CCN(Cc1ccc3cn[nH]c3c1)C2)C(=O)O)N1CCCC1. The van der Waals surface area contributed by atoms with E-state index in [1.54, 1.807) is 18.5 Å². The maximum Gasteiger partial charge on any atom is 0.328 e. The summed E-state index contributed by atoms with van der Waals surface area (Å²) in [6.07, 6.45) is 6.06. The molecule has 0 spiro atoms. The number of halogens is 2. The van der Waals surface area contributed by atoms with Crippen LogP contribution in [0.5, 0.6) is 0 Å². The minimum absolute atomic E-state index is 0.0527. The topological polar surface area (TPSA) is 150 Å². The van der Waals surface area contributed by atoms with Crippen molar-refractivity contribution in [2.75, 3.05) is 26.2 Å². The van der Waals surface area contributed by atoms with Gasteiger partial charge < -0.3 is 20.6 Å². The molecule has 0 unspecified atom stereocenters. The van der Waals surface area contributed by atoms with Crippen molar-refractivity contribution in [3.63, 3.8) is 0 Å². The van der Waals surface area contributed by atoms with E-state index < -0.39 is 17.9 Å². The zero-order chi connectivity index (χ0) is 28.2. The number of carboxylic acid groups (broad SMARTS) is 1. The van der Waals surface area contributed by atoms with E-state index in [1.807, 2.05) is 11.0 Å². The maximum atomic E-state index is 13.2. The predicted molar refractivity (Wildman–Crippen MR) is 151 cm³/mol. The van der Waals surface area contributed by atoms with Gasteiger partial charge in [-0.25, -0.2) is 4.79 Å². The number of guanidine groups is 1. The van der Waals surface area contributed by atoms with Crippen molar-refractivity contribution in [1.29, 1.82) is 5.26 Å². The number of nitrogens with zero attached hydrogens (tertiary/aromatic N) is 5. The van der Waals surface area contributed by atoms with Crippen molar-refractivity contribution in [2.24, 2.45) is 4.99 Å². The molecule has 0 radical (unpaired) electrons. The highest BCUT2D eigenvalue weighted by Crippen LogP contribution is 2.35. The highest BCUT2D eigenvalue weighted by Gasteiger charge is 2.29. The van der Waals surface area contributed by atoms with Crippen LogP contribution in [0.25, 0.3) is 10.9 Å². The smallest absolute Gasteiger partial charge is 0.328 e. The lowest BCUT2D eigenvalue weighted by atomic mass is 9.96. The Morgan fingerprint density at radius 1 is 1.23 bits per heavy atom. The summed E-state index contributed by atoms with van der Waals surface area (Å²) >= 11 is 13.2. The van der Waals surface area contributed by atoms with Crippen LogP contribution in [0.4, 0.5) is 0 Å². The number of benzene rings is 2. The second-order valence-corrected chi connectivity index (χ2v) is 10.7. The number of nitriles is 1. The lowest BCUT2D eigenvalue weighted by Gasteiger charge is -2.30. The van der Waals surface area contributed by atoms with Crippen LogP contribution < -0.4 is 10.6 Å². The summed E-state index contributed by atoms with van der Waals surface area (Å²) < 4.78 is 0. The number of fused-ring (bicyclic) bond motifs is 2. The highest BCUT2D eigenvalue weighted by atomic mass is 35.5. The number of carbonyl (C=O) groups is 2. The first-order valence-corrected chi connectivity index (χ1v) is 13.7. The van der Waals surface area contributed by atoms with Gasteiger partial charge in [0, 0.05) is 44.7 Å². The Bertz CT molecular complexity index is 1510. The summed E-state index contributed by atoms with van der Waals surface area (Å²) in [5.74, 6) is -1.63. The minimum Gasteiger partial charge on any atom is -0.480 e. The molecule has 11 nitrogen and oxygen atoms in total. The second kappa shape index (κ2) is 12.1. The first-order chi connectivity index (χ1) is 19.3. The van der Waals surface area contributed by atoms with Gasteiger partial charge >= 0.3 is 5.97 Å². The van der Waals surface area contributed by atoms with Crippen LogP contribution in [0.2, 0.25) is 10.0 Å². The number of likely N-dealkylation sites (tertiary alicyclic amines) is 1. The van der Waals surface area contributed by atoms with Crippen LogP contribution in [0.1, 0.15) is 39.9 Å². The molecule has 0 bridgehead atoms. The molecule has 2 aromatic carbocycles. The van der Waals surface area contributed by atoms with E-state index in [-0.39, 0.29) is 22.2 Å². The van der Waals surface area contributed by atoms with Crippen molar-refractivity contribution in [3.05, 3.63) is 62.8 Å². The van der Waals surface area contributed by atoms with E-state index in [1.165, 1.54) is 0 Å². The Kier molecular flexibility index (Phi) is 8.40.